The first-order valence-electron chi connectivity index (χ1n) is 13.6. The number of rotatable bonds is 4. The van der Waals surface area contributed by atoms with Gasteiger partial charge in [0.2, 0.25) is 0 Å². The minimum atomic E-state index is -1.22. The van der Waals surface area contributed by atoms with Crippen LogP contribution in [0.5, 0.6) is 0 Å². The highest BCUT2D eigenvalue weighted by Crippen LogP contribution is 2.52. The van der Waals surface area contributed by atoms with E-state index in [0.29, 0.717) is 11.4 Å². The number of fused-ring (bicyclic) bond motifs is 2. The Labute approximate surface area is 235 Å². The van der Waals surface area contributed by atoms with Gasteiger partial charge in [-0.2, -0.15) is 5.10 Å². The molecule has 4 aromatic rings. The van der Waals surface area contributed by atoms with Crippen LogP contribution in [0.4, 0.5) is 10.2 Å². The van der Waals surface area contributed by atoms with Crippen molar-refractivity contribution in [1.29, 1.82) is 0 Å². The average Bonchev–Trinajstić information content (AvgIpc) is 3.51. The molecule has 6 rings (SSSR count). The molecule has 2 aliphatic rings. The van der Waals surface area contributed by atoms with Gasteiger partial charge in [-0.1, -0.05) is 6.07 Å². The summed E-state index contributed by atoms with van der Waals surface area (Å²) in [5.41, 5.74) is 3.43. The fourth-order valence-electron chi connectivity index (χ4n) is 6.12. The molecule has 0 radical (unpaired) electrons. The Morgan fingerprint density at radius 2 is 1.93 bits per heavy atom. The van der Waals surface area contributed by atoms with E-state index in [4.69, 9.17) is 4.98 Å². The molecule has 0 saturated carbocycles. The van der Waals surface area contributed by atoms with Crippen molar-refractivity contribution in [2.24, 2.45) is 12.5 Å². The predicted octanol–water partition coefficient (Wildman–Crippen LogP) is 3.87. The summed E-state index contributed by atoms with van der Waals surface area (Å²) in [6.45, 7) is 9.28. The Kier molecular flexibility index (Phi) is 6.51. The highest BCUT2D eigenvalue weighted by atomic mass is 32.2. The zero-order valence-corrected chi connectivity index (χ0v) is 24.3. The van der Waals surface area contributed by atoms with Crippen molar-refractivity contribution >= 4 is 22.7 Å². The number of nitrogens with one attached hydrogen (secondary N) is 1. The Morgan fingerprint density at radius 3 is 2.65 bits per heavy atom. The largest absolute Gasteiger partial charge is 0.598 e. The smallest absolute Gasteiger partial charge is 0.286 e. The van der Waals surface area contributed by atoms with Crippen LogP contribution in [-0.4, -0.2) is 46.5 Å². The second kappa shape index (κ2) is 9.67. The van der Waals surface area contributed by atoms with Gasteiger partial charge in [0.15, 0.2) is 11.6 Å². The van der Waals surface area contributed by atoms with E-state index < -0.39 is 22.7 Å². The molecule has 1 aliphatic carbocycles. The first-order valence-corrected chi connectivity index (χ1v) is 14.7. The van der Waals surface area contributed by atoms with E-state index in [1.807, 2.05) is 46.0 Å². The summed E-state index contributed by atoms with van der Waals surface area (Å²) < 4.78 is 34.3. The highest BCUT2D eigenvalue weighted by molar-refractivity contribution is 7.90. The third-order valence-electron chi connectivity index (χ3n) is 8.37. The zero-order valence-electron chi connectivity index (χ0n) is 23.4. The normalized spacial score (nSPS) is 19.4. The second-order valence-corrected chi connectivity index (χ2v) is 14.0. The number of anilines is 1. The van der Waals surface area contributed by atoms with Crippen molar-refractivity contribution in [2.75, 3.05) is 18.0 Å². The summed E-state index contributed by atoms with van der Waals surface area (Å²) in [4.78, 5) is 24.2. The van der Waals surface area contributed by atoms with Gasteiger partial charge < -0.3 is 14.0 Å². The van der Waals surface area contributed by atoms with Crippen molar-refractivity contribution in [1.82, 2.24) is 28.9 Å². The molecule has 2 atom stereocenters. The van der Waals surface area contributed by atoms with Crippen LogP contribution in [0.3, 0.4) is 0 Å². The van der Waals surface area contributed by atoms with Gasteiger partial charge in [0, 0.05) is 60.6 Å². The van der Waals surface area contributed by atoms with Crippen LogP contribution >= 0.6 is 0 Å². The Balaban J connectivity index is 1.33. The van der Waals surface area contributed by atoms with Gasteiger partial charge in [-0.05, 0) is 70.7 Å². The van der Waals surface area contributed by atoms with Gasteiger partial charge in [-0.3, -0.25) is 9.78 Å². The lowest BCUT2D eigenvalue weighted by Crippen LogP contribution is -2.50. The standard InChI is InChI=1S/C29H34FN7O2S/c1-18-24(20-9-14-35(5)27(38)23(20)30)37-22(8-13-32-37)26(33-18)36-15-10-29(11-16-36)17-21-19(7-6-12-31-21)25(29)34-40(39)28(2,3)4/h6-9,12-14,25,34H,10-11,15-17H2,1-5H3/t25-,40-/m1/s1. The molecular weight excluding hydrogens is 529 g/mol. The number of piperidine rings is 1. The summed E-state index contributed by atoms with van der Waals surface area (Å²) in [7, 11) is 1.52. The molecule has 0 bridgehead atoms. The van der Waals surface area contributed by atoms with Crippen molar-refractivity contribution in [2.45, 2.75) is 57.7 Å². The molecule has 1 fully saturated rings. The molecule has 0 amide bonds. The molecule has 9 nitrogen and oxygen atoms in total. The SMILES string of the molecule is Cc1nc(N2CCC3(CC2)Cc2ncccc2[C@H]3N[S@+]([O-])C(C)(C)C)c2ccnn2c1-c1ccn(C)c(=O)c1F. The maximum Gasteiger partial charge on any atom is 0.286 e. The van der Waals surface area contributed by atoms with E-state index in [0.717, 1.165) is 54.9 Å². The molecule has 4 aromatic heterocycles. The fraction of sp³-hybridized carbons (Fsp3) is 0.448. The van der Waals surface area contributed by atoms with Gasteiger partial charge in [0.05, 0.1) is 23.6 Å². The highest BCUT2D eigenvalue weighted by Gasteiger charge is 2.51. The van der Waals surface area contributed by atoms with E-state index >= 15 is 4.39 Å². The average molecular weight is 564 g/mol. The number of halogens is 1. The van der Waals surface area contributed by atoms with Crippen LogP contribution in [0.1, 0.15) is 56.6 Å². The third-order valence-corrected chi connectivity index (χ3v) is 9.93. The van der Waals surface area contributed by atoms with E-state index in [-0.39, 0.29) is 21.8 Å². The van der Waals surface area contributed by atoms with Gasteiger partial charge in [0.1, 0.15) is 10.3 Å². The molecule has 0 aromatic carbocycles. The van der Waals surface area contributed by atoms with Crippen LogP contribution in [-0.2, 0) is 24.8 Å². The van der Waals surface area contributed by atoms with Crippen LogP contribution < -0.4 is 15.2 Å². The third kappa shape index (κ3) is 4.31. The number of hydrogen-bond donors (Lipinski definition) is 1. The van der Waals surface area contributed by atoms with E-state index in [1.54, 1.807) is 23.0 Å². The molecule has 1 saturated heterocycles. The zero-order chi connectivity index (χ0) is 28.4. The Bertz CT molecular complexity index is 1650. The predicted molar refractivity (Wildman–Crippen MR) is 154 cm³/mol. The Morgan fingerprint density at radius 1 is 1.18 bits per heavy atom. The minimum absolute atomic E-state index is 0.0471. The van der Waals surface area contributed by atoms with Crippen LogP contribution in [0, 0.1) is 18.2 Å². The topological polar surface area (TPSA) is 103 Å². The summed E-state index contributed by atoms with van der Waals surface area (Å²) in [6.07, 6.45) is 7.64. The number of hydrogen-bond acceptors (Lipinski definition) is 7. The molecule has 5 heterocycles. The van der Waals surface area contributed by atoms with Crippen LogP contribution in [0.2, 0.25) is 0 Å². The summed E-state index contributed by atoms with van der Waals surface area (Å²) >= 11 is -1.22. The number of pyridine rings is 2. The first kappa shape index (κ1) is 26.9. The van der Waals surface area contributed by atoms with E-state index in [1.165, 1.54) is 11.6 Å². The maximum atomic E-state index is 15.1. The van der Waals surface area contributed by atoms with Crippen LogP contribution in [0.15, 0.2) is 47.7 Å². The van der Waals surface area contributed by atoms with Crippen molar-refractivity contribution in [3.63, 3.8) is 0 Å². The number of nitrogens with zero attached hydrogens (tertiary/aromatic N) is 6. The number of aromatic nitrogens is 5. The molecule has 11 heteroatoms. The van der Waals surface area contributed by atoms with Crippen molar-refractivity contribution < 1.29 is 8.94 Å². The van der Waals surface area contributed by atoms with Gasteiger partial charge >= 0.3 is 0 Å². The van der Waals surface area contributed by atoms with E-state index in [9.17, 15) is 9.35 Å². The lowest BCUT2D eigenvalue weighted by molar-refractivity contribution is 0.175. The first-order chi connectivity index (χ1) is 19.0. The summed E-state index contributed by atoms with van der Waals surface area (Å²) in [5, 5.41) is 4.49. The molecule has 1 N–H and O–H groups in total. The van der Waals surface area contributed by atoms with Gasteiger partial charge in [0.25, 0.3) is 5.56 Å². The molecule has 210 valence electrons. The molecule has 0 unspecified atom stereocenters. The lowest BCUT2D eigenvalue weighted by atomic mass is 9.73. The maximum absolute atomic E-state index is 15.1. The number of aryl methyl sites for hydroxylation is 2. The molecular formula is C29H34FN7O2S. The lowest BCUT2D eigenvalue weighted by Gasteiger charge is -2.44. The molecule has 40 heavy (non-hydrogen) atoms. The molecule has 1 aliphatic heterocycles. The van der Waals surface area contributed by atoms with Gasteiger partial charge in [-0.25, -0.2) is 13.9 Å². The second-order valence-electron chi connectivity index (χ2n) is 12.0. The quantitative estimate of drug-likeness (QED) is 0.376. The monoisotopic (exact) mass is 563 g/mol. The summed E-state index contributed by atoms with van der Waals surface area (Å²) in [6, 6.07) is 7.48. The van der Waals surface area contributed by atoms with Gasteiger partial charge in [-0.15, -0.1) is 4.72 Å². The fourth-order valence-corrected chi connectivity index (χ4v) is 7.07. The van der Waals surface area contributed by atoms with E-state index in [2.05, 4.69) is 25.8 Å². The van der Waals surface area contributed by atoms with Crippen LogP contribution in [0.25, 0.3) is 16.8 Å². The van der Waals surface area contributed by atoms with Crippen molar-refractivity contribution in [3.8, 4) is 11.3 Å². The molecule has 1 spiro atoms. The Hall–Kier alpha value is -3.28. The van der Waals surface area contributed by atoms with Crippen molar-refractivity contribution in [3.05, 3.63) is 76.0 Å². The minimum Gasteiger partial charge on any atom is -0.598 e. The summed E-state index contributed by atoms with van der Waals surface area (Å²) in [5.74, 6) is -0.0331.